The van der Waals surface area contributed by atoms with Crippen LogP contribution in [0.5, 0.6) is 0 Å². The summed E-state index contributed by atoms with van der Waals surface area (Å²) < 4.78 is 5.79. The summed E-state index contributed by atoms with van der Waals surface area (Å²) >= 11 is 6.46. The Balaban J connectivity index is 1.73. The first-order chi connectivity index (χ1) is 13.3. The predicted molar refractivity (Wildman–Crippen MR) is 109 cm³/mol. The molecule has 0 aliphatic heterocycles. The number of nitrogens with zero attached hydrogens (tertiary/aromatic N) is 1. The highest BCUT2D eigenvalue weighted by molar-refractivity contribution is 6.31. The van der Waals surface area contributed by atoms with Gasteiger partial charge in [-0.05, 0) is 49.3 Å². The second-order valence-electron chi connectivity index (χ2n) is 6.81. The third-order valence-electron chi connectivity index (χ3n) is 5.09. The quantitative estimate of drug-likeness (QED) is 0.256. The molecule has 0 heterocycles. The molecule has 0 spiro atoms. The van der Waals surface area contributed by atoms with Crippen LogP contribution in [0.3, 0.4) is 0 Å². The van der Waals surface area contributed by atoms with Gasteiger partial charge in [0.25, 0.3) is 0 Å². The molecule has 1 fully saturated rings. The first kappa shape index (κ1) is 19.6. The predicted octanol–water partition coefficient (Wildman–Crippen LogP) is 5.98. The zero-order valence-corrected chi connectivity index (χ0v) is 16.1. The van der Waals surface area contributed by atoms with Crippen LogP contribution in [0.2, 0.25) is 5.02 Å². The Morgan fingerprint density at radius 2 is 1.89 bits per heavy atom. The van der Waals surface area contributed by atoms with Crippen LogP contribution in [0.25, 0.3) is 0 Å². The maximum absolute atomic E-state index is 11.3. The first-order valence-electron chi connectivity index (χ1n) is 9.41. The lowest BCUT2D eigenvalue weighted by atomic mass is 9.73. The van der Waals surface area contributed by atoms with Gasteiger partial charge in [0.15, 0.2) is 0 Å². The van der Waals surface area contributed by atoms with Crippen LogP contribution in [-0.2, 0) is 21.7 Å². The fraction of sp³-hybridized carbons (Fsp3) is 0.348. The highest BCUT2D eigenvalue weighted by atomic mass is 35.5. The summed E-state index contributed by atoms with van der Waals surface area (Å²) in [7, 11) is 0. The lowest BCUT2D eigenvalue weighted by Crippen LogP contribution is -2.30. The minimum atomic E-state index is -0.683. The van der Waals surface area contributed by atoms with E-state index in [0.717, 1.165) is 43.2 Å². The van der Waals surface area contributed by atoms with E-state index >= 15 is 0 Å². The Kier molecular flexibility index (Phi) is 7.00. The Labute approximate surface area is 165 Å². The van der Waals surface area contributed by atoms with Crippen LogP contribution in [0.4, 0.5) is 0 Å². The molecule has 140 valence electrons. The Bertz CT molecular complexity index is 827. The Hall–Kier alpha value is -2.19. The summed E-state index contributed by atoms with van der Waals surface area (Å²) in [6, 6.07) is 17.8. The molecule has 1 aliphatic carbocycles. The fourth-order valence-corrected chi connectivity index (χ4v) is 4.08. The number of carbonyl (C=O) groups excluding carboxylic acids is 1. The number of ether oxygens (including phenoxy) is 1. The zero-order chi connectivity index (χ0) is 19.0. The molecule has 1 saturated carbocycles. The third kappa shape index (κ3) is 4.75. The van der Waals surface area contributed by atoms with Crippen molar-refractivity contribution in [1.29, 1.82) is 0 Å². The molecule has 0 amide bonds. The van der Waals surface area contributed by atoms with Crippen molar-refractivity contribution < 1.29 is 9.53 Å². The van der Waals surface area contributed by atoms with Gasteiger partial charge in [0.05, 0.1) is 13.2 Å². The van der Waals surface area contributed by atoms with Gasteiger partial charge in [0.1, 0.15) is 5.54 Å². The van der Waals surface area contributed by atoms with Crippen molar-refractivity contribution in [2.45, 2.75) is 44.2 Å². The molecule has 0 saturated heterocycles. The molecule has 0 bridgehead atoms. The summed E-state index contributed by atoms with van der Waals surface area (Å²) in [4.78, 5) is 15.5. The van der Waals surface area contributed by atoms with Crippen LogP contribution in [0.1, 0.15) is 43.2 Å². The maximum Gasteiger partial charge on any atom is 0.236 e. The molecule has 3 nitrogen and oxygen atoms in total. The maximum atomic E-state index is 11.3. The number of halogens is 1. The lowest BCUT2D eigenvalue weighted by Gasteiger charge is -2.36. The smallest absolute Gasteiger partial charge is 0.236 e. The van der Waals surface area contributed by atoms with E-state index in [1.54, 1.807) is 6.08 Å². The van der Waals surface area contributed by atoms with Gasteiger partial charge in [-0.2, -0.15) is 4.99 Å². The van der Waals surface area contributed by atoms with Crippen LogP contribution in [0.15, 0.2) is 71.2 Å². The summed E-state index contributed by atoms with van der Waals surface area (Å²) in [5.74, 6) is 0. The van der Waals surface area contributed by atoms with Crippen molar-refractivity contribution in [2.75, 3.05) is 6.61 Å². The molecule has 4 heteroatoms. The molecule has 0 radical (unpaired) electrons. The topological polar surface area (TPSA) is 38.7 Å². The van der Waals surface area contributed by atoms with Gasteiger partial charge in [-0.25, -0.2) is 4.79 Å². The van der Waals surface area contributed by atoms with Crippen molar-refractivity contribution in [1.82, 2.24) is 0 Å². The van der Waals surface area contributed by atoms with E-state index in [1.165, 1.54) is 5.56 Å². The summed E-state index contributed by atoms with van der Waals surface area (Å²) in [6.07, 6.45) is 8.56. The molecule has 3 rings (SSSR count). The highest BCUT2D eigenvalue weighted by Crippen LogP contribution is 2.46. The normalized spacial score (nSPS) is 21.0. The van der Waals surface area contributed by atoms with Crippen molar-refractivity contribution in [3.05, 3.63) is 82.4 Å². The number of rotatable bonds is 7. The van der Waals surface area contributed by atoms with Gasteiger partial charge in [-0.1, -0.05) is 66.2 Å². The van der Waals surface area contributed by atoms with E-state index in [0.29, 0.717) is 18.2 Å². The average Bonchev–Trinajstić information content (AvgIpc) is 2.70. The molecule has 1 aliphatic rings. The van der Waals surface area contributed by atoms with Crippen LogP contribution in [0, 0.1) is 0 Å². The van der Waals surface area contributed by atoms with E-state index < -0.39 is 5.54 Å². The second-order valence-corrected chi connectivity index (χ2v) is 7.21. The molecule has 2 aromatic carbocycles. The molecule has 0 aromatic heterocycles. The van der Waals surface area contributed by atoms with Crippen LogP contribution >= 0.6 is 11.6 Å². The summed E-state index contributed by atoms with van der Waals surface area (Å²) in [6.45, 7) is 1.23. The number of hydrogen-bond donors (Lipinski definition) is 0. The largest absolute Gasteiger partial charge is 0.376 e. The minimum Gasteiger partial charge on any atom is -0.376 e. The molecule has 1 atom stereocenters. The van der Waals surface area contributed by atoms with Crippen molar-refractivity contribution in [3.8, 4) is 0 Å². The van der Waals surface area contributed by atoms with E-state index in [-0.39, 0.29) is 0 Å². The van der Waals surface area contributed by atoms with Crippen molar-refractivity contribution >= 4 is 17.7 Å². The standard InChI is InChI=1S/C23H24ClNO2/c24-22-14-5-4-13-21(22)23(25-18-26)15-7-6-11-20(23)12-8-16-27-17-19-9-2-1-3-10-19/h1-5,9-10,12-14H,6-8,11,15-17H2/b20-12+/t23-/m1/s1. The summed E-state index contributed by atoms with van der Waals surface area (Å²) in [5.41, 5.74) is 2.52. The van der Waals surface area contributed by atoms with Crippen LogP contribution < -0.4 is 0 Å². The minimum absolute atomic E-state index is 0.603. The van der Waals surface area contributed by atoms with Crippen molar-refractivity contribution in [3.63, 3.8) is 0 Å². The number of benzene rings is 2. The molecular formula is C23H24ClNO2. The number of aliphatic imine (C=N–C) groups is 1. The van der Waals surface area contributed by atoms with Gasteiger partial charge in [-0.15, -0.1) is 0 Å². The van der Waals surface area contributed by atoms with Gasteiger partial charge < -0.3 is 4.74 Å². The second kappa shape index (κ2) is 9.66. The first-order valence-corrected chi connectivity index (χ1v) is 9.79. The monoisotopic (exact) mass is 381 g/mol. The van der Waals surface area contributed by atoms with E-state index in [9.17, 15) is 4.79 Å². The fourth-order valence-electron chi connectivity index (χ4n) is 3.79. The van der Waals surface area contributed by atoms with Gasteiger partial charge in [0, 0.05) is 10.6 Å². The van der Waals surface area contributed by atoms with E-state index in [4.69, 9.17) is 16.3 Å². The third-order valence-corrected chi connectivity index (χ3v) is 5.42. The van der Waals surface area contributed by atoms with Crippen LogP contribution in [-0.4, -0.2) is 12.7 Å². The average molecular weight is 382 g/mol. The Morgan fingerprint density at radius 3 is 2.67 bits per heavy atom. The molecule has 2 aromatic rings. The number of hydrogen-bond acceptors (Lipinski definition) is 3. The van der Waals surface area contributed by atoms with Gasteiger partial charge in [0.2, 0.25) is 6.08 Å². The van der Waals surface area contributed by atoms with E-state index in [2.05, 4.69) is 23.2 Å². The zero-order valence-electron chi connectivity index (χ0n) is 15.4. The number of isocyanates is 1. The van der Waals surface area contributed by atoms with Crippen molar-refractivity contribution in [2.24, 2.45) is 4.99 Å². The Morgan fingerprint density at radius 1 is 1.11 bits per heavy atom. The highest BCUT2D eigenvalue weighted by Gasteiger charge is 2.39. The van der Waals surface area contributed by atoms with Gasteiger partial charge >= 0.3 is 0 Å². The molecule has 27 heavy (non-hydrogen) atoms. The van der Waals surface area contributed by atoms with E-state index in [1.807, 2.05) is 42.5 Å². The molecule has 0 N–H and O–H groups in total. The van der Waals surface area contributed by atoms with Gasteiger partial charge in [-0.3, -0.25) is 0 Å². The molecular weight excluding hydrogens is 358 g/mol. The SMILES string of the molecule is O=C=N[C@]1(c2ccccc2Cl)CCCC/C1=C\CCOCc1ccccc1. The lowest BCUT2D eigenvalue weighted by molar-refractivity contribution is 0.125. The molecule has 0 unspecified atom stereocenters. The summed E-state index contributed by atoms with van der Waals surface area (Å²) in [5, 5.41) is 0.643.